The van der Waals surface area contributed by atoms with Gasteiger partial charge in [-0.05, 0) is 36.6 Å². The fraction of sp³-hybridized carbons (Fsp3) is 0.286. The van der Waals surface area contributed by atoms with Gasteiger partial charge in [0.2, 0.25) is 0 Å². The highest BCUT2D eigenvalue weighted by Crippen LogP contribution is 2.34. The Morgan fingerprint density at radius 2 is 2.00 bits per heavy atom. The van der Waals surface area contributed by atoms with Crippen molar-refractivity contribution in [2.75, 3.05) is 11.9 Å². The molecule has 0 N–H and O–H groups in total. The van der Waals surface area contributed by atoms with Gasteiger partial charge in [0, 0.05) is 19.4 Å². The van der Waals surface area contributed by atoms with Gasteiger partial charge in [0.05, 0.1) is 11.7 Å². The fourth-order valence-electron chi connectivity index (χ4n) is 2.50. The maximum absolute atomic E-state index is 4.47. The quantitative estimate of drug-likeness (QED) is 0.747. The SMILES string of the molecule is CN1c2ncccc2CC[C@H]1c1ccccn1. The molecule has 0 aromatic carbocycles. The Hall–Kier alpha value is -1.90. The summed E-state index contributed by atoms with van der Waals surface area (Å²) in [5.41, 5.74) is 2.47. The maximum Gasteiger partial charge on any atom is 0.132 e. The topological polar surface area (TPSA) is 29.0 Å². The minimum atomic E-state index is 0.346. The molecule has 17 heavy (non-hydrogen) atoms. The van der Waals surface area contributed by atoms with Crippen LogP contribution in [0.1, 0.15) is 23.7 Å². The second kappa shape index (κ2) is 4.17. The van der Waals surface area contributed by atoms with Crippen molar-refractivity contribution >= 4 is 5.82 Å². The molecule has 1 aliphatic heterocycles. The van der Waals surface area contributed by atoms with Crippen molar-refractivity contribution in [3.63, 3.8) is 0 Å². The number of anilines is 1. The van der Waals surface area contributed by atoms with E-state index in [1.807, 2.05) is 30.6 Å². The third-order valence-electron chi connectivity index (χ3n) is 3.39. The molecule has 1 aliphatic rings. The predicted octanol–water partition coefficient (Wildman–Crippen LogP) is 2.60. The fourth-order valence-corrected chi connectivity index (χ4v) is 2.50. The van der Waals surface area contributed by atoms with E-state index in [9.17, 15) is 0 Å². The van der Waals surface area contributed by atoms with Gasteiger partial charge < -0.3 is 4.90 Å². The maximum atomic E-state index is 4.47. The molecule has 86 valence electrons. The zero-order chi connectivity index (χ0) is 11.7. The van der Waals surface area contributed by atoms with Crippen LogP contribution in [0.15, 0.2) is 42.7 Å². The standard InChI is InChI=1S/C14H15N3/c1-17-13(12-6-2-3-9-15-12)8-7-11-5-4-10-16-14(11)17/h2-6,9-10,13H,7-8H2,1H3/t13-/m0/s1. The first kappa shape index (κ1) is 10.3. The number of nitrogens with zero attached hydrogens (tertiary/aromatic N) is 3. The number of hydrogen-bond donors (Lipinski definition) is 0. The van der Waals surface area contributed by atoms with Crippen LogP contribution < -0.4 is 4.90 Å². The molecule has 0 aliphatic carbocycles. The molecule has 0 amide bonds. The third-order valence-corrected chi connectivity index (χ3v) is 3.39. The van der Waals surface area contributed by atoms with Gasteiger partial charge in [-0.3, -0.25) is 4.98 Å². The van der Waals surface area contributed by atoms with E-state index < -0.39 is 0 Å². The zero-order valence-electron chi connectivity index (χ0n) is 9.87. The molecule has 2 aromatic rings. The molecular weight excluding hydrogens is 210 g/mol. The van der Waals surface area contributed by atoms with Crippen LogP contribution in [0.3, 0.4) is 0 Å². The van der Waals surface area contributed by atoms with Gasteiger partial charge in [-0.1, -0.05) is 12.1 Å². The number of aromatic nitrogens is 2. The summed E-state index contributed by atoms with van der Waals surface area (Å²) in [7, 11) is 2.10. The Morgan fingerprint density at radius 1 is 1.12 bits per heavy atom. The predicted molar refractivity (Wildman–Crippen MR) is 67.9 cm³/mol. The van der Waals surface area contributed by atoms with Gasteiger partial charge in [0.1, 0.15) is 5.82 Å². The van der Waals surface area contributed by atoms with Crippen LogP contribution in [0, 0.1) is 0 Å². The molecule has 0 saturated heterocycles. The molecule has 3 rings (SSSR count). The average Bonchev–Trinajstić information content (AvgIpc) is 2.40. The molecule has 0 unspecified atom stereocenters. The molecule has 3 heterocycles. The number of aryl methyl sites for hydroxylation is 1. The van der Waals surface area contributed by atoms with Crippen molar-refractivity contribution in [1.82, 2.24) is 9.97 Å². The highest BCUT2D eigenvalue weighted by molar-refractivity contribution is 5.50. The van der Waals surface area contributed by atoms with Gasteiger partial charge >= 0.3 is 0 Å². The number of hydrogen-bond acceptors (Lipinski definition) is 3. The van der Waals surface area contributed by atoms with Crippen molar-refractivity contribution in [2.24, 2.45) is 0 Å². The molecule has 0 saturated carbocycles. The highest BCUT2D eigenvalue weighted by Gasteiger charge is 2.25. The van der Waals surface area contributed by atoms with Gasteiger partial charge in [-0.25, -0.2) is 4.98 Å². The molecule has 2 aromatic heterocycles. The van der Waals surface area contributed by atoms with Crippen molar-refractivity contribution in [2.45, 2.75) is 18.9 Å². The lowest BCUT2D eigenvalue weighted by molar-refractivity contribution is 0.563. The molecular formula is C14H15N3. The summed E-state index contributed by atoms with van der Waals surface area (Å²) in [6.45, 7) is 0. The lowest BCUT2D eigenvalue weighted by Gasteiger charge is -2.34. The lowest BCUT2D eigenvalue weighted by atomic mass is 9.97. The third kappa shape index (κ3) is 1.78. The summed E-state index contributed by atoms with van der Waals surface area (Å²) in [5, 5.41) is 0. The highest BCUT2D eigenvalue weighted by atomic mass is 15.2. The van der Waals surface area contributed by atoms with Crippen LogP contribution in [0.2, 0.25) is 0 Å². The van der Waals surface area contributed by atoms with E-state index in [1.54, 1.807) is 0 Å². The van der Waals surface area contributed by atoms with Crippen molar-refractivity contribution < 1.29 is 0 Å². The summed E-state index contributed by atoms with van der Waals surface area (Å²) in [6.07, 6.45) is 5.90. The Balaban J connectivity index is 1.97. The normalized spacial score (nSPS) is 18.9. The molecule has 1 atom stereocenters. The molecule has 0 fully saturated rings. The van der Waals surface area contributed by atoms with E-state index in [-0.39, 0.29) is 0 Å². The smallest absolute Gasteiger partial charge is 0.132 e. The molecule has 0 radical (unpaired) electrons. The number of fused-ring (bicyclic) bond motifs is 1. The summed E-state index contributed by atoms with van der Waals surface area (Å²) in [6, 6.07) is 10.6. The minimum absolute atomic E-state index is 0.346. The second-order valence-corrected chi connectivity index (χ2v) is 4.41. The molecule has 0 bridgehead atoms. The van der Waals surface area contributed by atoms with Crippen LogP contribution in [-0.2, 0) is 6.42 Å². The van der Waals surface area contributed by atoms with Gasteiger partial charge in [-0.15, -0.1) is 0 Å². The van der Waals surface area contributed by atoms with Crippen LogP contribution in [-0.4, -0.2) is 17.0 Å². The summed E-state index contributed by atoms with van der Waals surface area (Å²) >= 11 is 0. The molecule has 0 spiro atoms. The number of pyridine rings is 2. The Kier molecular flexibility index (Phi) is 2.52. The second-order valence-electron chi connectivity index (χ2n) is 4.41. The summed E-state index contributed by atoms with van der Waals surface area (Å²) in [5.74, 6) is 1.09. The monoisotopic (exact) mass is 225 g/mol. The van der Waals surface area contributed by atoms with E-state index in [1.165, 1.54) is 5.56 Å². The summed E-state index contributed by atoms with van der Waals surface area (Å²) in [4.78, 5) is 11.2. The van der Waals surface area contributed by atoms with Crippen molar-refractivity contribution in [1.29, 1.82) is 0 Å². The van der Waals surface area contributed by atoms with Crippen LogP contribution in [0.25, 0.3) is 0 Å². The van der Waals surface area contributed by atoms with E-state index in [0.29, 0.717) is 6.04 Å². The Morgan fingerprint density at radius 3 is 2.82 bits per heavy atom. The Labute approximate surface area is 101 Å². The first-order valence-corrected chi connectivity index (χ1v) is 5.94. The summed E-state index contributed by atoms with van der Waals surface area (Å²) < 4.78 is 0. The van der Waals surface area contributed by atoms with Crippen LogP contribution in [0.5, 0.6) is 0 Å². The van der Waals surface area contributed by atoms with E-state index in [0.717, 1.165) is 24.4 Å². The van der Waals surface area contributed by atoms with E-state index in [4.69, 9.17) is 0 Å². The zero-order valence-corrected chi connectivity index (χ0v) is 9.87. The first-order valence-electron chi connectivity index (χ1n) is 5.94. The van der Waals surface area contributed by atoms with Gasteiger partial charge in [-0.2, -0.15) is 0 Å². The first-order chi connectivity index (χ1) is 8.36. The van der Waals surface area contributed by atoms with Crippen LogP contribution in [0.4, 0.5) is 5.82 Å². The van der Waals surface area contributed by atoms with E-state index >= 15 is 0 Å². The average molecular weight is 225 g/mol. The largest absolute Gasteiger partial charge is 0.351 e. The van der Waals surface area contributed by atoms with Crippen LogP contribution >= 0.6 is 0 Å². The minimum Gasteiger partial charge on any atom is -0.351 e. The molecule has 3 heteroatoms. The van der Waals surface area contributed by atoms with Crippen molar-refractivity contribution in [3.8, 4) is 0 Å². The van der Waals surface area contributed by atoms with Gasteiger partial charge in [0.15, 0.2) is 0 Å². The Bertz CT molecular complexity index is 510. The lowest BCUT2D eigenvalue weighted by Crippen LogP contribution is -2.30. The van der Waals surface area contributed by atoms with Gasteiger partial charge in [0.25, 0.3) is 0 Å². The van der Waals surface area contributed by atoms with E-state index in [2.05, 4.69) is 34.0 Å². The number of rotatable bonds is 1. The van der Waals surface area contributed by atoms with Crippen molar-refractivity contribution in [3.05, 3.63) is 54.0 Å². The molecule has 3 nitrogen and oxygen atoms in total.